The predicted octanol–water partition coefficient (Wildman–Crippen LogP) is 3.55. The molecule has 6 heteroatoms. The molecular formula is C14H16F3N3. The summed E-state index contributed by atoms with van der Waals surface area (Å²) < 4.78 is 39.8. The first kappa shape index (κ1) is 14.6. The fraction of sp³-hybridized carbons (Fsp3) is 0.357. The van der Waals surface area contributed by atoms with E-state index in [2.05, 4.69) is 4.98 Å². The predicted molar refractivity (Wildman–Crippen MR) is 70.3 cm³/mol. The average molecular weight is 283 g/mol. The zero-order valence-electron chi connectivity index (χ0n) is 11.2. The molecule has 0 radical (unpaired) electrons. The Morgan fingerprint density at radius 2 is 1.95 bits per heavy atom. The lowest BCUT2D eigenvalue weighted by Gasteiger charge is -2.18. The summed E-state index contributed by atoms with van der Waals surface area (Å²) in [5, 5.41) is 0. The van der Waals surface area contributed by atoms with Gasteiger partial charge in [0, 0.05) is 11.7 Å². The van der Waals surface area contributed by atoms with Gasteiger partial charge in [-0.2, -0.15) is 13.2 Å². The van der Waals surface area contributed by atoms with E-state index < -0.39 is 11.7 Å². The minimum absolute atomic E-state index is 0.163. The minimum atomic E-state index is -4.36. The van der Waals surface area contributed by atoms with E-state index in [-0.39, 0.29) is 12.0 Å². The summed E-state index contributed by atoms with van der Waals surface area (Å²) in [6, 6.07) is 4.84. The second kappa shape index (κ2) is 5.28. The van der Waals surface area contributed by atoms with Crippen molar-refractivity contribution in [3.8, 4) is 5.69 Å². The molecule has 0 aliphatic rings. The molecule has 1 unspecified atom stereocenters. The normalized spacial score (nSPS) is 13.8. The summed E-state index contributed by atoms with van der Waals surface area (Å²) >= 11 is 0. The Hall–Kier alpha value is -1.82. The zero-order chi connectivity index (χ0) is 14.9. The fourth-order valence-corrected chi connectivity index (χ4v) is 1.94. The molecule has 1 heterocycles. The van der Waals surface area contributed by atoms with Crippen LogP contribution >= 0.6 is 0 Å². The third-order valence-corrected chi connectivity index (χ3v) is 3.18. The van der Waals surface area contributed by atoms with Gasteiger partial charge in [0.15, 0.2) is 0 Å². The summed E-state index contributed by atoms with van der Waals surface area (Å²) in [7, 11) is 0. The Labute approximate surface area is 115 Å². The Morgan fingerprint density at radius 3 is 2.55 bits per heavy atom. The monoisotopic (exact) mass is 283 g/mol. The molecule has 20 heavy (non-hydrogen) atoms. The average Bonchev–Trinajstić information content (AvgIpc) is 2.86. The molecule has 1 aromatic heterocycles. The molecule has 0 amide bonds. The van der Waals surface area contributed by atoms with E-state index in [4.69, 9.17) is 5.73 Å². The molecule has 0 bridgehead atoms. The van der Waals surface area contributed by atoms with Crippen LogP contribution in [0.4, 0.5) is 13.2 Å². The van der Waals surface area contributed by atoms with Crippen molar-refractivity contribution in [3.05, 3.63) is 48.0 Å². The highest BCUT2D eigenvalue weighted by atomic mass is 19.4. The van der Waals surface area contributed by atoms with Crippen molar-refractivity contribution in [1.29, 1.82) is 0 Å². The van der Waals surface area contributed by atoms with Crippen LogP contribution in [0.5, 0.6) is 0 Å². The smallest absolute Gasteiger partial charge is 0.322 e. The van der Waals surface area contributed by atoms with Crippen molar-refractivity contribution in [2.45, 2.75) is 26.1 Å². The lowest BCUT2D eigenvalue weighted by atomic mass is 10.0. The van der Waals surface area contributed by atoms with Crippen molar-refractivity contribution in [1.82, 2.24) is 9.55 Å². The van der Waals surface area contributed by atoms with Gasteiger partial charge < -0.3 is 10.3 Å². The van der Waals surface area contributed by atoms with Crippen LogP contribution in [0.25, 0.3) is 5.69 Å². The molecule has 2 N–H and O–H groups in total. The highest BCUT2D eigenvalue weighted by Gasteiger charge is 2.30. The van der Waals surface area contributed by atoms with E-state index in [1.54, 1.807) is 16.8 Å². The van der Waals surface area contributed by atoms with Gasteiger partial charge in [0.25, 0.3) is 0 Å². The van der Waals surface area contributed by atoms with E-state index >= 15 is 0 Å². The molecule has 108 valence electrons. The Kier molecular flexibility index (Phi) is 3.85. The highest BCUT2D eigenvalue weighted by Crippen LogP contribution is 2.31. The van der Waals surface area contributed by atoms with Crippen molar-refractivity contribution in [2.24, 2.45) is 11.7 Å². The fourth-order valence-electron chi connectivity index (χ4n) is 1.94. The van der Waals surface area contributed by atoms with Gasteiger partial charge in [-0.3, -0.25) is 0 Å². The number of nitrogens with two attached hydrogens (primary N) is 1. The molecule has 2 aromatic rings. The van der Waals surface area contributed by atoms with Crippen LogP contribution in [-0.2, 0) is 6.18 Å². The first-order valence-electron chi connectivity index (χ1n) is 6.26. The third-order valence-electron chi connectivity index (χ3n) is 3.18. The minimum Gasteiger partial charge on any atom is -0.322 e. The Balaban J connectivity index is 2.46. The summed E-state index contributed by atoms with van der Waals surface area (Å²) in [6.07, 6.45) is -1.30. The van der Waals surface area contributed by atoms with Crippen LogP contribution in [0.3, 0.4) is 0 Å². The largest absolute Gasteiger partial charge is 0.416 e. The first-order chi connectivity index (χ1) is 9.30. The van der Waals surface area contributed by atoms with E-state index in [1.165, 1.54) is 12.4 Å². The number of benzene rings is 1. The maximum Gasteiger partial charge on any atom is 0.416 e. The molecule has 0 aliphatic heterocycles. The number of halogens is 3. The summed E-state index contributed by atoms with van der Waals surface area (Å²) in [4.78, 5) is 4.00. The van der Waals surface area contributed by atoms with Gasteiger partial charge in [-0.1, -0.05) is 19.9 Å². The second-order valence-electron chi connectivity index (χ2n) is 5.01. The molecule has 2 rings (SSSR count). The maximum atomic E-state index is 12.7. The van der Waals surface area contributed by atoms with Crippen molar-refractivity contribution in [3.63, 3.8) is 0 Å². The van der Waals surface area contributed by atoms with Crippen LogP contribution < -0.4 is 5.73 Å². The standard InChI is InChI=1S/C14H16F3N3/c1-9(2)13(18)12-7-19-8-20(12)11-5-3-4-10(6-11)14(15,16)17/h3-9,13H,18H2,1-2H3. The van der Waals surface area contributed by atoms with Crippen molar-refractivity contribution >= 4 is 0 Å². The Bertz CT molecular complexity index is 587. The third kappa shape index (κ3) is 2.85. The SMILES string of the molecule is CC(C)C(N)c1cncn1-c1cccc(C(F)(F)F)c1. The Morgan fingerprint density at radius 1 is 1.25 bits per heavy atom. The molecule has 1 atom stereocenters. The number of hydrogen-bond acceptors (Lipinski definition) is 2. The van der Waals surface area contributed by atoms with E-state index in [0.717, 1.165) is 12.1 Å². The number of aromatic nitrogens is 2. The molecular weight excluding hydrogens is 267 g/mol. The molecule has 0 fully saturated rings. The van der Waals surface area contributed by atoms with Gasteiger partial charge in [0.05, 0.1) is 23.8 Å². The van der Waals surface area contributed by atoms with E-state index in [9.17, 15) is 13.2 Å². The van der Waals surface area contributed by atoms with Crippen LogP contribution in [0.15, 0.2) is 36.8 Å². The lowest BCUT2D eigenvalue weighted by molar-refractivity contribution is -0.137. The molecule has 1 aromatic carbocycles. The summed E-state index contributed by atoms with van der Waals surface area (Å²) in [6.45, 7) is 3.91. The van der Waals surface area contributed by atoms with Crippen molar-refractivity contribution in [2.75, 3.05) is 0 Å². The van der Waals surface area contributed by atoms with E-state index in [1.807, 2.05) is 13.8 Å². The second-order valence-corrected chi connectivity index (χ2v) is 5.01. The summed E-state index contributed by atoms with van der Waals surface area (Å²) in [5.74, 6) is 0.163. The number of hydrogen-bond donors (Lipinski definition) is 1. The van der Waals surface area contributed by atoms with Crippen molar-refractivity contribution < 1.29 is 13.2 Å². The van der Waals surface area contributed by atoms with Gasteiger partial charge in [0.2, 0.25) is 0 Å². The van der Waals surface area contributed by atoms with Gasteiger partial charge in [-0.25, -0.2) is 4.98 Å². The zero-order valence-corrected chi connectivity index (χ0v) is 11.2. The number of nitrogens with zero attached hydrogens (tertiary/aromatic N) is 2. The van der Waals surface area contributed by atoms with Crippen LogP contribution in [-0.4, -0.2) is 9.55 Å². The van der Waals surface area contributed by atoms with Crippen LogP contribution in [0, 0.1) is 5.92 Å². The quantitative estimate of drug-likeness (QED) is 0.936. The van der Waals surface area contributed by atoms with Gasteiger partial charge in [0.1, 0.15) is 0 Å². The van der Waals surface area contributed by atoms with Gasteiger partial charge in [-0.05, 0) is 24.1 Å². The first-order valence-corrected chi connectivity index (χ1v) is 6.26. The molecule has 0 aliphatic carbocycles. The topological polar surface area (TPSA) is 43.8 Å². The van der Waals surface area contributed by atoms with Gasteiger partial charge in [-0.15, -0.1) is 0 Å². The number of imidazole rings is 1. The lowest BCUT2D eigenvalue weighted by Crippen LogP contribution is -2.20. The van der Waals surface area contributed by atoms with Gasteiger partial charge >= 0.3 is 6.18 Å². The molecule has 3 nitrogen and oxygen atoms in total. The molecule has 0 saturated heterocycles. The number of alkyl halides is 3. The maximum absolute atomic E-state index is 12.7. The van der Waals surface area contributed by atoms with Crippen LogP contribution in [0.2, 0.25) is 0 Å². The van der Waals surface area contributed by atoms with E-state index in [0.29, 0.717) is 11.4 Å². The molecule has 0 saturated carbocycles. The summed E-state index contributed by atoms with van der Waals surface area (Å²) in [5.41, 5.74) is 6.47. The highest BCUT2D eigenvalue weighted by molar-refractivity contribution is 5.39. The van der Waals surface area contributed by atoms with Crippen LogP contribution in [0.1, 0.15) is 31.1 Å². The molecule has 0 spiro atoms. The number of rotatable bonds is 3.